The van der Waals surface area contributed by atoms with Gasteiger partial charge in [-0.25, -0.2) is 0 Å². The Kier molecular flexibility index (Phi) is 2.21. The maximum atomic E-state index is 2.49. The highest BCUT2D eigenvalue weighted by molar-refractivity contribution is 14.1. The Morgan fingerprint density at radius 3 is 2.20 bits per heavy atom. The lowest BCUT2D eigenvalue weighted by molar-refractivity contribution is -0.00238. The summed E-state index contributed by atoms with van der Waals surface area (Å²) in [6.07, 6.45) is 0. The highest BCUT2D eigenvalue weighted by atomic mass is 127. The molecule has 80 valence electrons. The van der Waals surface area contributed by atoms with Gasteiger partial charge in [0, 0.05) is 40.9 Å². The number of halogens is 1. The zero-order chi connectivity index (χ0) is 10.5. The van der Waals surface area contributed by atoms with Crippen molar-refractivity contribution in [1.82, 2.24) is 4.90 Å². The molecule has 0 bridgehead atoms. The summed E-state index contributed by atoms with van der Waals surface area (Å²) in [6.45, 7) is 5.07. The third-order valence-corrected chi connectivity index (χ3v) is 4.17. The lowest BCUT2D eigenvalue weighted by atomic mass is 9.73. The molecule has 0 atom stereocenters. The van der Waals surface area contributed by atoms with Crippen LogP contribution in [0.2, 0.25) is 0 Å². The molecule has 1 aromatic rings. The lowest BCUT2D eigenvalue weighted by Crippen LogP contribution is -2.71. The maximum Gasteiger partial charge on any atom is 0.0367 e. The molecule has 0 aliphatic carbocycles. The summed E-state index contributed by atoms with van der Waals surface area (Å²) in [4.78, 5) is 4.90. The number of likely N-dealkylation sites (tertiary alicyclic amines) is 1. The molecule has 3 heteroatoms. The first-order valence-electron chi connectivity index (χ1n) is 5.36. The lowest BCUT2D eigenvalue weighted by Gasteiger charge is -2.60. The third kappa shape index (κ3) is 1.65. The van der Waals surface area contributed by atoms with E-state index in [1.807, 2.05) is 0 Å². The van der Waals surface area contributed by atoms with Crippen LogP contribution in [0.5, 0.6) is 0 Å². The van der Waals surface area contributed by atoms with Gasteiger partial charge in [0.2, 0.25) is 0 Å². The van der Waals surface area contributed by atoms with E-state index < -0.39 is 0 Å². The van der Waals surface area contributed by atoms with Crippen LogP contribution in [0.15, 0.2) is 24.3 Å². The molecule has 2 heterocycles. The molecule has 2 aliphatic heterocycles. The van der Waals surface area contributed by atoms with Gasteiger partial charge in [-0.1, -0.05) is 0 Å². The molecule has 0 saturated carbocycles. The van der Waals surface area contributed by atoms with E-state index in [0.29, 0.717) is 5.41 Å². The average Bonchev–Trinajstić information content (AvgIpc) is 2.11. The molecule has 0 aromatic heterocycles. The summed E-state index contributed by atoms with van der Waals surface area (Å²) in [5.74, 6) is 0. The third-order valence-electron chi connectivity index (χ3n) is 3.45. The number of rotatable bonds is 1. The fraction of sp³-hybridized carbons (Fsp3) is 0.500. The molecule has 0 amide bonds. The molecule has 0 unspecified atom stereocenters. The zero-order valence-corrected chi connectivity index (χ0v) is 11.1. The standard InChI is InChI=1S/C12H15IN2/c1-14-6-12(7-14)8-15(9-12)11-4-2-10(13)3-5-11/h2-5H,6-9H2,1H3. The normalized spacial score (nSPS) is 23.7. The van der Waals surface area contributed by atoms with Crippen molar-refractivity contribution < 1.29 is 0 Å². The molecule has 1 aromatic carbocycles. The monoisotopic (exact) mass is 314 g/mol. The summed E-state index contributed by atoms with van der Waals surface area (Å²) in [5, 5.41) is 0. The van der Waals surface area contributed by atoms with E-state index in [1.165, 1.54) is 35.4 Å². The summed E-state index contributed by atoms with van der Waals surface area (Å²) in [5.41, 5.74) is 2.02. The smallest absolute Gasteiger partial charge is 0.0367 e. The van der Waals surface area contributed by atoms with E-state index in [9.17, 15) is 0 Å². The first-order valence-corrected chi connectivity index (χ1v) is 6.44. The minimum atomic E-state index is 0.637. The first-order chi connectivity index (χ1) is 7.17. The van der Waals surface area contributed by atoms with Gasteiger partial charge in [0.1, 0.15) is 0 Å². The van der Waals surface area contributed by atoms with Crippen molar-refractivity contribution in [2.75, 3.05) is 38.1 Å². The number of nitrogens with zero attached hydrogens (tertiary/aromatic N) is 2. The van der Waals surface area contributed by atoms with Crippen molar-refractivity contribution in [2.24, 2.45) is 5.41 Å². The summed E-state index contributed by atoms with van der Waals surface area (Å²) in [7, 11) is 2.21. The van der Waals surface area contributed by atoms with E-state index in [4.69, 9.17) is 0 Å². The zero-order valence-electron chi connectivity index (χ0n) is 8.91. The first kappa shape index (κ1) is 9.90. The van der Waals surface area contributed by atoms with Crippen LogP contribution in [0, 0.1) is 8.99 Å². The van der Waals surface area contributed by atoms with Gasteiger partial charge >= 0.3 is 0 Å². The SMILES string of the molecule is CN1CC2(C1)CN(c1ccc(I)cc1)C2. The van der Waals surface area contributed by atoms with Crippen molar-refractivity contribution in [3.8, 4) is 0 Å². The minimum absolute atomic E-state index is 0.637. The van der Waals surface area contributed by atoms with Gasteiger partial charge < -0.3 is 9.80 Å². The highest BCUT2D eigenvalue weighted by Crippen LogP contribution is 2.40. The van der Waals surface area contributed by atoms with Crippen LogP contribution in [0.4, 0.5) is 5.69 Å². The quantitative estimate of drug-likeness (QED) is 0.732. The van der Waals surface area contributed by atoms with E-state index >= 15 is 0 Å². The van der Waals surface area contributed by atoms with E-state index in [2.05, 4.69) is 63.7 Å². The van der Waals surface area contributed by atoms with Crippen LogP contribution in [0.3, 0.4) is 0 Å². The number of hydrogen-bond acceptors (Lipinski definition) is 2. The topological polar surface area (TPSA) is 6.48 Å². The second kappa shape index (κ2) is 3.35. The van der Waals surface area contributed by atoms with Crippen molar-refractivity contribution in [2.45, 2.75) is 0 Å². The van der Waals surface area contributed by atoms with E-state index in [-0.39, 0.29) is 0 Å². The molecule has 1 spiro atoms. The fourth-order valence-electron chi connectivity index (χ4n) is 2.90. The van der Waals surface area contributed by atoms with Gasteiger partial charge in [-0.05, 0) is 53.9 Å². The Balaban J connectivity index is 1.65. The molecule has 2 fully saturated rings. The van der Waals surface area contributed by atoms with Gasteiger partial charge in [-0.15, -0.1) is 0 Å². The van der Waals surface area contributed by atoms with Crippen molar-refractivity contribution >= 4 is 28.3 Å². The molecule has 2 aliphatic rings. The average molecular weight is 314 g/mol. The predicted molar refractivity (Wildman–Crippen MR) is 71.3 cm³/mol. The molecular formula is C12H15IN2. The predicted octanol–water partition coefficient (Wildman–Crippen LogP) is 2.04. The summed E-state index contributed by atoms with van der Waals surface area (Å²) in [6, 6.07) is 8.84. The van der Waals surface area contributed by atoms with E-state index in [0.717, 1.165) is 0 Å². The molecule has 0 N–H and O–H groups in total. The van der Waals surface area contributed by atoms with Gasteiger partial charge in [0.15, 0.2) is 0 Å². The fourth-order valence-corrected chi connectivity index (χ4v) is 3.26. The van der Waals surface area contributed by atoms with Crippen LogP contribution >= 0.6 is 22.6 Å². The number of hydrogen-bond donors (Lipinski definition) is 0. The molecule has 15 heavy (non-hydrogen) atoms. The molecule has 2 saturated heterocycles. The van der Waals surface area contributed by atoms with E-state index in [1.54, 1.807) is 0 Å². The largest absolute Gasteiger partial charge is 0.370 e. The van der Waals surface area contributed by atoms with Crippen LogP contribution < -0.4 is 4.90 Å². The molecule has 0 radical (unpaired) electrons. The second-order valence-corrected chi connectivity index (χ2v) is 6.25. The van der Waals surface area contributed by atoms with Crippen LogP contribution in [0.1, 0.15) is 0 Å². The maximum absolute atomic E-state index is 2.49. The van der Waals surface area contributed by atoms with Crippen LogP contribution in [-0.4, -0.2) is 38.1 Å². The molecule has 3 rings (SSSR count). The Labute approximate surface area is 104 Å². The summed E-state index contributed by atoms with van der Waals surface area (Å²) >= 11 is 2.35. The van der Waals surface area contributed by atoms with Crippen molar-refractivity contribution in [1.29, 1.82) is 0 Å². The van der Waals surface area contributed by atoms with Gasteiger partial charge in [0.25, 0.3) is 0 Å². The Hall–Kier alpha value is -0.290. The van der Waals surface area contributed by atoms with Crippen molar-refractivity contribution in [3.05, 3.63) is 27.8 Å². The van der Waals surface area contributed by atoms with Gasteiger partial charge in [-0.2, -0.15) is 0 Å². The Bertz CT molecular complexity index is 360. The number of anilines is 1. The van der Waals surface area contributed by atoms with Crippen LogP contribution in [-0.2, 0) is 0 Å². The van der Waals surface area contributed by atoms with Crippen LogP contribution in [0.25, 0.3) is 0 Å². The molecular weight excluding hydrogens is 299 g/mol. The Morgan fingerprint density at radius 1 is 1.07 bits per heavy atom. The van der Waals surface area contributed by atoms with Crippen molar-refractivity contribution in [3.63, 3.8) is 0 Å². The minimum Gasteiger partial charge on any atom is -0.370 e. The highest BCUT2D eigenvalue weighted by Gasteiger charge is 2.50. The number of benzene rings is 1. The van der Waals surface area contributed by atoms with Gasteiger partial charge in [-0.3, -0.25) is 0 Å². The molecule has 2 nitrogen and oxygen atoms in total. The second-order valence-electron chi connectivity index (χ2n) is 5.00. The summed E-state index contributed by atoms with van der Waals surface area (Å²) < 4.78 is 1.31. The van der Waals surface area contributed by atoms with Gasteiger partial charge in [0.05, 0.1) is 0 Å². The Morgan fingerprint density at radius 2 is 1.67 bits per heavy atom.